The van der Waals surface area contributed by atoms with Crippen molar-refractivity contribution in [2.75, 3.05) is 26.9 Å². The standard InChI is InChI=1S/C23H23FN2O4/c1-25-23(28)15-8-13(22(27)26-20-16-10-29-11-17(16)20)7-14-19(12-5-3-2-4-6-12)18(9-24)30-21(14)15/h2-8,16-20H,9-11H2,1H3,(H,25,28)(H,26,27)/t16-,17+,18-,19+,20+/m1/s1. The SMILES string of the molecule is CNC(=O)c1cc(C(=O)N[C@H]2[C@@H]3COC[C@@H]32)cc2c1O[C@H](CF)[C@H]2c1ccccc1. The summed E-state index contributed by atoms with van der Waals surface area (Å²) >= 11 is 0. The van der Waals surface area contributed by atoms with Gasteiger partial charge in [-0.15, -0.1) is 0 Å². The molecule has 0 radical (unpaired) electrons. The summed E-state index contributed by atoms with van der Waals surface area (Å²) in [5.41, 5.74) is 2.17. The van der Waals surface area contributed by atoms with Crippen LogP contribution < -0.4 is 15.4 Å². The van der Waals surface area contributed by atoms with Gasteiger partial charge in [-0.25, -0.2) is 4.39 Å². The smallest absolute Gasteiger partial charge is 0.254 e. The quantitative estimate of drug-likeness (QED) is 0.793. The Balaban J connectivity index is 1.54. The molecule has 0 bridgehead atoms. The van der Waals surface area contributed by atoms with Crippen molar-refractivity contribution in [3.05, 3.63) is 64.7 Å². The first-order valence-electron chi connectivity index (χ1n) is 10.2. The molecule has 1 saturated heterocycles. The molecular formula is C23H23FN2O4. The number of rotatable bonds is 5. The molecular weight excluding hydrogens is 387 g/mol. The maximum Gasteiger partial charge on any atom is 0.254 e. The summed E-state index contributed by atoms with van der Waals surface area (Å²) in [5, 5.41) is 5.65. The Morgan fingerprint density at radius 3 is 2.50 bits per heavy atom. The summed E-state index contributed by atoms with van der Waals surface area (Å²) in [7, 11) is 1.52. The fourth-order valence-electron chi connectivity index (χ4n) is 4.73. The average Bonchev–Trinajstić information content (AvgIpc) is 3.14. The largest absolute Gasteiger partial charge is 0.486 e. The van der Waals surface area contributed by atoms with E-state index in [0.29, 0.717) is 41.9 Å². The van der Waals surface area contributed by atoms with Crippen LogP contribution >= 0.6 is 0 Å². The number of nitrogens with one attached hydrogen (secondary N) is 2. The van der Waals surface area contributed by atoms with Crippen molar-refractivity contribution in [1.29, 1.82) is 0 Å². The van der Waals surface area contributed by atoms with Gasteiger partial charge in [0.25, 0.3) is 11.8 Å². The van der Waals surface area contributed by atoms with Gasteiger partial charge in [0.05, 0.1) is 24.7 Å². The third kappa shape index (κ3) is 3.04. The van der Waals surface area contributed by atoms with Gasteiger partial charge in [-0.3, -0.25) is 9.59 Å². The van der Waals surface area contributed by atoms with Gasteiger partial charge in [0.15, 0.2) is 0 Å². The molecule has 3 aliphatic rings. The molecule has 2 amide bonds. The summed E-state index contributed by atoms with van der Waals surface area (Å²) in [4.78, 5) is 25.5. The third-order valence-corrected chi connectivity index (χ3v) is 6.39. The maximum absolute atomic E-state index is 13.9. The minimum absolute atomic E-state index is 0.114. The van der Waals surface area contributed by atoms with E-state index in [1.807, 2.05) is 30.3 Å². The van der Waals surface area contributed by atoms with Gasteiger partial charge in [0.2, 0.25) is 0 Å². The van der Waals surface area contributed by atoms with Crippen LogP contribution in [0.15, 0.2) is 42.5 Å². The number of hydrogen-bond donors (Lipinski definition) is 2. The normalized spacial score (nSPS) is 28.3. The number of halogens is 1. The molecule has 2 heterocycles. The van der Waals surface area contributed by atoms with Gasteiger partial charge in [-0.05, 0) is 17.7 Å². The van der Waals surface area contributed by atoms with Crippen molar-refractivity contribution in [2.24, 2.45) is 11.8 Å². The highest BCUT2D eigenvalue weighted by Crippen LogP contribution is 2.46. The van der Waals surface area contributed by atoms with Crippen LogP contribution in [0, 0.1) is 11.8 Å². The Morgan fingerprint density at radius 2 is 1.83 bits per heavy atom. The third-order valence-electron chi connectivity index (χ3n) is 6.39. The van der Waals surface area contributed by atoms with Gasteiger partial charge in [-0.1, -0.05) is 30.3 Å². The highest BCUT2D eigenvalue weighted by molar-refractivity contribution is 6.02. The second kappa shape index (κ2) is 7.40. The Labute approximate surface area is 173 Å². The maximum atomic E-state index is 13.9. The minimum atomic E-state index is -0.746. The first-order chi connectivity index (χ1) is 14.6. The molecule has 0 spiro atoms. The number of ether oxygens (including phenoxy) is 2. The number of hydrogen-bond acceptors (Lipinski definition) is 4. The second-order valence-electron chi connectivity index (χ2n) is 8.08. The monoisotopic (exact) mass is 410 g/mol. The van der Waals surface area contributed by atoms with E-state index in [-0.39, 0.29) is 23.4 Å². The fraction of sp³-hybridized carbons (Fsp3) is 0.391. The van der Waals surface area contributed by atoms with Gasteiger partial charge in [0, 0.05) is 36.1 Å². The number of fused-ring (bicyclic) bond motifs is 2. The van der Waals surface area contributed by atoms with Crippen LogP contribution in [0.1, 0.15) is 37.8 Å². The second-order valence-corrected chi connectivity index (χ2v) is 8.08. The lowest BCUT2D eigenvalue weighted by molar-refractivity contribution is 0.0929. The van der Waals surface area contributed by atoms with Crippen molar-refractivity contribution >= 4 is 11.8 Å². The van der Waals surface area contributed by atoms with Crippen molar-refractivity contribution in [2.45, 2.75) is 18.1 Å². The number of amides is 2. The van der Waals surface area contributed by atoms with E-state index < -0.39 is 18.7 Å². The molecule has 2 aromatic rings. The number of carbonyl (C=O) groups excluding carboxylic acids is 2. The van der Waals surface area contributed by atoms with Crippen LogP contribution in [-0.2, 0) is 4.74 Å². The number of carbonyl (C=O) groups is 2. The van der Waals surface area contributed by atoms with Crippen LogP contribution in [-0.4, -0.2) is 50.9 Å². The van der Waals surface area contributed by atoms with Crippen LogP contribution in [0.4, 0.5) is 4.39 Å². The molecule has 1 saturated carbocycles. The number of benzene rings is 2. The van der Waals surface area contributed by atoms with E-state index in [1.165, 1.54) is 13.1 Å². The zero-order valence-electron chi connectivity index (χ0n) is 16.6. The Kier molecular flexibility index (Phi) is 4.70. The summed E-state index contributed by atoms with van der Waals surface area (Å²) < 4.78 is 25.1. The van der Waals surface area contributed by atoms with E-state index in [1.54, 1.807) is 6.07 Å². The zero-order chi connectivity index (χ0) is 20.8. The summed E-state index contributed by atoms with van der Waals surface area (Å²) in [5.74, 6) is 0.0909. The summed E-state index contributed by atoms with van der Waals surface area (Å²) in [6.07, 6.45) is -0.746. The molecule has 156 valence electrons. The molecule has 2 fully saturated rings. The van der Waals surface area contributed by atoms with Crippen LogP contribution in [0.2, 0.25) is 0 Å². The number of alkyl halides is 1. The highest BCUT2D eigenvalue weighted by atomic mass is 19.1. The molecule has 2 aliphatic heterocycles. The van der Waals surface area contributed by atoms with Crippen LogP contribution in [0.3, 0.4) is 0 Å². The van der Waals surface area contributed by atoms with E-state index in [4.69, 9.17) is 9.47 Å². The lowest BCUT2D eigenvalue weighted by Gasteiger charge is -2.16. The topological polar surface area (TPSA) is 76.7 Å². The predicted octanol–water partition coefficient (Wildman–Crippen LogP) is 2.28. The molecule has 5 atom stereocenters. The molecule has 2 aromatic carbocycles. The van der Waals surface area contributed by atoms with E-state index in [9.17, 15) is 14.0 Å². The van der Waals surface area contributed by atoms with Crippen molar-refractivity contribution in [3.63, 3.8) is 0 Å². The molecule has 0 unspecified atom stereocenters. The molecule has 1 aliphatic carbocycles. The van der Waals surface area contributed by atoms with Crippen LogP contribution in [0.5, 0.6) is 5.75 Å². The molecule has 5 rings (SSSR count). The van der Waals surface area contributed by atoms with Gasteiger partial charge >= 0.3 is 0 Å². The molecule has 7 heteroatoms. The van der Waals surface area contributed by atoms with Gasteiger partial charge < -0.3 is 20.1 Å². The van der Waals surface area contributed by atoms with E-state index >= 15 is 0 Å². The van der Waals surface area contributed by atoms with Crippen molar-refractivity contribution < 1.29 is 23.5 Å². The molecule has 0 aromatic heterocycles. The van der Waals surface area contributed by atoms with E-state index in [2.05, 4.69) is 10.6 Å². The average molecular weight is 410 g/mol. The zero-order valence-corrected chi connectivity index (χ0v) is 16.6. The molecule has 2 N–H and O–H groups in total. The Hall–Kier alpha value is -2.93. The first kappa shape index (κ1) is 19.1. The fourth-order valence-corrected chi connectivity index (χ4v) is 4.73. The molecule has 30 heavy (non-hydrogen) atoms. The minimum Gasteiger partial charge on any atom is -0.486 e. The summed E-state index contributed by atoms with van der Waals surface area (Å²) in [6.45, 7) is 0.644. The lowest BCUT2D eigenvalue weighted by Crippen LogP contribution is -2.30. The molecule has 6 nitrogen and oxygen atoms in total. The predicted molar refractivity (Wildman–Crippen MR) is 108 cm³/mol. The van der Waals surface area contributed by atoms with Crippen molar-refractivity contribution in [1.82, 2.24) is 10.6 Å². The lowest BCUT2D eigenvalue weighted by atomic mass is 9.86. The van der Waals surface area contributed by atoms with Crippen LogP contribution in [0.25, 0.3) is 0 Å². The Bertz CT molecular complexity index is 986. The summed E-state index contributed by atoms with van der Waals surface area (Å²) in [6, 6.07) is 12.8. The van der Waals surface area contributed by atoms with Gasteiger partial charge in [0.1, 0.15) is 18.5 Å². The first-order valence-corrected chi connectivity index (χ1v) is 10.2. The highest BCUT2D eigenvalue weighted by Gasteiger charge is 2.54. The van der Waals surface area contributed by atoms with Gasteiger partial charge in [-0.2, -0.15) is 0 Å². The van der Waals surface area contributed by atoms with E-state index in [0.717, 1.165) is 5.56 Å². The van der Waals surface area contributed by atoms with Crippen molar-refractivity contribution in [3.8, 4) is 5.75 Å². The Morgan fingerprint density at radius 1 is 1.10 bits per heavy atom.